The van der Waals surface area contributed by atoms with Crippen molar-refractivity contribution in [3.05, 3.63) is 29.8 Å². The second kappa shape index (κ2) is 7.25. The average Bonchev–Trinajstić information content (AvgIpc) is 3.06. The molecule has 8 heteroatoms. The molecule has 116 valence electrons. The van der Waals surface area contributed by atoms with E-state index in [0.29, 0.717) is 11.3 Å². The fourth-order valence-corrected chi connectivity index (χ4v) is 2.25. The number of carbonyl (C=O) groups excluding carboxylic acids is 1. The third-order valence-corrected chi connectivity index (χ3v) is 3.31. The van der Waals surface area contributed by atoms with Crippen LogP contribution in [0.25, 0.3) is 0 Å². The van der Waals surface area contributed by atoms with Gasteiger partial charge in [0.05, 0.1) is 0 Å². The van der Waals surface area contributed by atoms with Crippen molar-refractivity contribution in [2.24, 2.45) is 0 Å². The Labute approximate surface area is 170 Å². The molecule has 0 bridgehead atoms. The Bertz CT molecular complexity index is 528. The molecular formula is C14H18BF3KNO2. The van der Waals surface area contributed by atoms with Gasteiger partial charge in [0.25, 0.3) is 0 Å². The molecule has 1 aromatic rings. The number of anilines is 1. The first kappa shape index (κ1) is 20.0. The molecule has 1 amide bonds. The van der Waals surface area contributed by atoms with Gasteiger partial charge in [-0.15, -0.1) is 0 Å². The molecule has 0 unspecified atom stereocenters. The summed E-state index contributed by atoms with van der Waals surface area (Å²) in [5.41, 5.74) is 0.566. The van der Waals surface area contributed by atoms with E-state index in [4.69, 9.17) is 4.74 Å². The van der Waals surface area contributed by atoms with Gasteiger partial charge in [0, 0.05) is 5.69 Å². The number of benzene rings is 1. The van der Waals surface area contributed by atoms with Crippen molar-refractivity contribution in [3.8, 4) is 0 Å². The van der Waals surface area contributed by atoms with Gasteiger partial charge in [0.2, 0.25) is 0 Å². The molecule has 1 aliphatic rings. The van der Waals surface area contributed by atoms with Gasteiger partial charge in [-0.3, -0.25) is 5.32 Å². The van der Waals surface area contributed by atoms with Crippen molar-refractivity contribution < 1.29 is 73.9 Å². The molecule has 1 N–H and O–H groups in total. The number of carbonyl (C=O) groups is 1. The van der Waals surface area contributed by atoms with Crippen LogP contribution in [0.4, 0.5) is 23.4 Å². The van der Waals surface area contributed by atoms with E-state index in [2.05, 4.69) is 5.32 Å². The first-order valence-electron chi connectivity index (χ1n) is 6.86. The number of nitrogens with one attached hydrogen (secondary N) is 1. The molecule has 2 rings (SSSR count). The molecule has 1 aromatic carbocycles. The molecule has 1 fully saturated rings. The molecule has 0 spiro atoms. The van der Waals surface area contributed by atoms with Crippen LogP contribution in [0.15, 0.2) is 24.3 Å². The summed E-state index contributed by atoms with van der Waals surface area (Å²) in [6, 6.07) is 6.44. The summed E-state index contributed by atoms with van der Waals surface area (Å²) >= 11 is 0. The molecule has 2 atom stereocenters. The fourth-order valence-electron chi connectivity index (χ4n) is 2.25. The third-order valence-electron chi connectivity index (χ3n) is 3.31. The van der Waals surface area contributed by atoms with Crippen LogP contribution >= 0.6 is 0 Å². The van der Waals surface area contributed by atoms with Crippen molar-refractivity contribution in [3.63, 3.8) is 0 Å². The summed E-state index contributed by atoms with van der Waals surface area (Å²) in [6.07, 6.45) is -0.416. The predicted molar refractivity (Wildman–Crippen MR) is 76.5 cm³/mol. The Balaban J connectivity index is 0.00000242. The van der Waals surface area contributed by atoms with Gasteiger partial charge in [0.1, 0.15) is 5.60 Å². The van der Waals surface area contributed by atoms with Gasteiger partial charge in [-0.2, -0.15) is 0 Å². The Morgan fingerprint density at radius 1 is 1.23 bits per heavy atom. The van der Waals surface area contributed by atoms with Crippen LogP contribution < -0.4 is 56.7 Å². The summed E-state index contributed by atoms with van der Waals surface area (Å²) < 4.78 is 42.8. The zero-order valence-electron chi connectivity index (χ0n) is 13.2. The van der Waals surface area contributed by atoms with Crippen molar-refractivity contribution in [2.75, 3.05) is 5.32 Å². The zero-order valence-corrected chi connectivity index (χ0v) is 16.3. The van der Waals surface area contributed by atoms with Gasteiger partial charge in [-0.1, -0.05) is 24.4 Å². The van der Waals surface area contributed by atoms with E-state index in [9.17, 15) is 17.7 Å². The maximum Gasteiger partial charge on any atom is 1.00 e. The summed E-state index contributed by atoms with van der Waals surface area (Å²) in [7, 11) is 0. The Kier molecular flexibility index (Phi) is 6.60. The fraction of sp³-hybridized carbons (Fsp3) is 0.500. The van der Waals surface area contributed by atoms with Crippen LogP contribution in [0.5, 0.6) is 0 Å². The normalized spacial score (nSPS) is 20.8. The Morgan fingerprint density at radius 2 is 1.77 bits per heavy atom. The van der Waals surface area contributed by atoms with Crippen molar-refractivity contribution in [1.29, 1.82) is 0 Å². The van der Waals surface area contributed by atoms with Crippen LogP contribution in [-0.4, -0.2) is 18.7 Å². The minimum Gasteiger partial charge on any atom is -0.449 e. The first-order chi connectivity index (χ1) is 9.56. The van der Waals surface area contributed by atoms with Crippen molar-refractivity contribution >= 4 is 18.8 Å². The van der Waals surface area contributed by atoms with Crippen molar-refractivity contribution in [2.45, 2.75) is 44.5 Å². The largest absolute Gasteiger partial charge is 1.00 e. The minimum absolute atomic E-state index is 0. The molecule has 0 aliphatic heterocycles. The Morgan fingerprint density at radius 3 is 2.18 bits per heavy atom. The van der Waals surface area contributed by atoms with Gasteiger partial charge in [-0.05, 0) is 44.4 Å². The van der Waals surface area contributed by atoms with E-state index < -0.39 is 30.4 Å². The van der Waals surface area contributed by atoms with Gasteiger partial charge in [-0.25, -0.2) is 4.79 Å². The van der Waals surface area contributed by atoms with E-state index in [1.807, 2.05) is 0 Å². The second-order valence-electron chi connectivity index (χ2n) is 6.38. The second-order valence-corrected chi connectivity index (χ2v) is 6.38. The monoisotopic (exact) mass is 339 g/mol. The smallest absolute Gasteiger partial charge is 0.449 e. The van der Waals surface area contributed by atoms with E-state index in [-0.39, 0.29) is 57.8 Å². The third kappa shape index (κ3) is 5.88. The van der Waals surface area contributed by atoms with Crippen LogP contribution in [0.3, 0.4) is 0 Å². The number of hydrogen-bond donors (Lipinski definition) is 1. The van der Waals surface area contributed by atoms with Gasteiger partial charge in [0.15, 0.2) is 0 Å². The van der Waals surface area contributed by atoms with Gasteiger partial charge >= 0.3 is 64.5 Å². The molecule has 1 aliphatic carbocycles. The molecular weight excluding hydrogens is 321 g/mol. The SMILES string of the molecule is CC(C)(C)OC(=O)Nc1ccc([C@@H]2C[C@H]2[B-](F)(F)F)cc1.[K+]. The summed E-state index contributed by atoms with van der Waals surface area (Å²) in [5, 5.41) is 2.55. The standard InChI is InChI=1S/C14H18BF3NO2.K/c1-14(2,3)21-13(20)19-10-6-4-9(5-7-10)11-8-12(11)15(16,17)18;/h4-7,11-12H,8H2,1-3H3,(H,19,20);/q-1;+1/t11-,12+;/m0./s1. The summed E-state index contributed by atoms with van der Waals surface area (Å²) in [5.74, 6) is -1.60. The molecule has 0 heterocycles. The number of ether oxygens (including phenoxy) is 1. The van der Waals surface area contributed by atoms with Crippen molar-refractivity contribution in [1.82, 2.24) is 0 Å². The minimum atomic E-state index is -4.76. The van der Waals surface area contributed by atoms with Gasteiger partial charge < -0.3 is 17.7 Å². The first-order valence-corrected chi connectivity index (χ1v) is 6.86. The quantitative estimate of drug-likeness (QED) is 0.852. The number of amides is 1. The molecule has 3 nitrogen and oxygen atoms in total. The molecule has 0 aromatic heterocycles. The Hall–Kier alpha value is -0.0187. The number of halogens is 3. The van der Waals surface area contributed by atoms with Crippen LogP contribution in [0.1, 0.15) is 38.7 Å². The maximum absolute atomic E-state index is 12.6. The summed E-state index contributed by atoms with van der Waals surface area (Å²) in [4.78, 5) is 11.6. The van der Waals surface area contributed by atoms with E-state index >= 15 is 0 Å². The topological polar surface area (TPSA) is 38.3 Å². The molecule has 22 heavy (non-hydrogen) atoms. The van der Waals surface area contributed by atoms with Crippen LogP contribution in [-0.2, 0) is 4.74 Å². The molecule has 0 saturated heterocycles. The number of hydrogen-bond acceptors (Lipinski definition) is 2. The zero-order chi connectivity index (χ0) is 15.8. The number of rotatable bonds is 3. The van der Waals surface area contributed by atoms with E-state index in [1.165, 1.54) is 0 Å². The predicted octanol–water partition coefficient (Wildman–Crippen LogP) is 1.74. The maximum atomic E-state index is 12.6. The molecule has 0 radical (unpaired) electrons. The van der Waals surface area contributed by atoms with Crippen LogP contribution in [0, 0.1) is 0 Å². The summed E-state index contributed by atoms with van der Waals surface area (Å²) in [6.45, 7) is 0.499. The van der Waals surface area contributed by atoms with E-state index in [0.717, 1.165) is 0 Å². The molecule has 1 saturated carbocycles. The van der Waals surface area contributed by atoms with E-state index in [1.54, 1.807) is 45.0 Å². The average molecular weight is 339 g/mol. The van der Waals surface area contributed by atoms with Crippen LogP contribution in [0.2, 0.25) is 5.82 Å².